The van der Waals surface area contributed by atoms with E-state index in [0.29, 0.717) is 22.8 Å². The van der Waals surface area contributed by atoms with Crippen LogP contribution >= 0.6 is 0 Å². The van der Waals surface area contributed by atoms with Gasteiger partial charge in [-0.15, -0.1) is 0 Å². The molecule has 0 aliphatic heterocycles. The molecule has 2 amide bonds. The number of nitrogens with zero attached hydrogens (tertiary/aromatic N) is 2. The number of carbonyl (C=O) groups is 3. The van der Waals surface area contributed by atoms with Gasteiger partial charge in [0, 0.05) is 19.2 Å². The van der Waals surface area contributed by atoms with Crippen LogP contribution in [-0.4, -0.2) is 40.7 Å². The number of esters is 1. The maximum Gasteiger partial charge on any atom is 0.435 e. The molecule has 3 aromatic rings. The number of hydrogen-bond donors (Lipinski definition) is 3. The lowest BCUT2D eigenvalue weighted by atomic mass is 10.1. The van der Waals surface area contributed by atoms with Crippen LogP contribution < -0.4 is 16.4 Å². The molecule has 0 aliphatic carbocycles. The molecule has 1 heterocycles. The van der Waals surface area contributed by atoms with Crippen LogP contribution in [0.3, 0.4) is 0 Å². The Bertz CT molecular complexity index is 1250. The Morgan fingerprint density at radius 3 is 2.31 bits per heavy atom. The molecule has 0 unspecified atom stereocenters. The Morgan fingerprint density at radius 2 is 1.69 bits per heavy atom. The predicted octanol–water partition coefficient (Wildman–Crippen LogP) is 2.57. The van der Waals surface area contributed by atoms with E-state index in [2.05, 4.69) is 20.5 Å². The zero-order valence-corrected chi connectivity index (χ0v) is 19.4. The summed E-state index contributed by atoms with van der Waals surface area (Å²) in [6, 6.07) is 12.4. The third-order valence-electron chi connectivity index (χ3n) is 5.10. The van der Waals surface area contributed by atoms with Gasteiger partial charge in [0.25, 0.3) is 5.91 Å². The quantitative estimate of drug-likeness (QED) is 0.406. The highest BCUT2D eigenvalue weighted by molar-refractivity contribution is 5.93. The lowest BCUT2D eigenvalue weighted by Gasteiger charge is -2.11. The van der Waals surface area contributed by atoms with Gasteiger partial charge < -0.3 is 21.1 Å². The number of aromatic nitrogens is 2. The van der Waals surface area contributed by atoms with E-state index >= 15 is 0 Å². The summed E-state index contributed by atoms with van der Waals surface area (Å²) in [4.78, 5) is 36.1. The molecule has 0 radical (unpaired) electrons. The lowest BCUT2D eigenvalue weighted by Crippen LogP contribution is -2.37. The fourth-order valence-corrected chi connectivity index (χ4v) is 3.18. The highest BCUT2D eigenvalue weighted by atomic mass is 19.4. The minimum absolute atomic E-state index is 0.00381. The summed E-state index contributed by atoms with van der Waals surface area (Å²) in [7, 11) is 1.25. The van der Waals surface area contributed by atoms with Crippen LogP contribution in [0.25, 0.3) is 5.69 Å². The zero-order chi connectivity index (χ0) is 26.5. The molecule has 9 nitrogen and oxygen atoms in total. The van der Waals surface area contributed by atoms with Crippen molar-refractivity contribution in [3.63, 3.8) is 0 Å². The molecule has 0 saturated carbocycles. The second-order valence-corrected chi connectivity index (χ2v) is 7.87. The van der Waals surface area contributed by atoms with E-state index in [-0.39, 0.29) is 24.5 Å². The van der Waals surface area contributed by atoms with Gasteiger partial charge in [0.1, 0.15) is 5.69 Å². The lowest BCUT2D eigenvalue weighted by molar-refractivity contribution is -0.141. The van der Waals surface area contributed by atoms with E-state index < -0.39 is 35.7 Å². The van der Waals surface area contributed by atoms with Crippen LogP contribution in [0.1, 0.15) is 44.6 Å². The van der Waals surface area contributed by atoms with Crippen LogP contribution in [0.5, 0.6) is 0 Å². The molecule has 4 N–H and O–H groups in total. The summed E-state index contributed by atoms with van der Waals surface area (Å²) < 4.78 is 45.7. The van der Waals surface area contributed by atoms with E-state index in [1.807, 2.05) is 0 Å². The Labute approximate surface area is 204 Å². The second-order valence-electron chi connectivity index (χ2n) is 7.87. The molecule has 36 heavy (non-hydrogen) atoms. The number of methoxy groups -OCH3 is 1. The number of alkyl halides is 3. The average Bonchev–Trinajstić information content (AvgIpc) is 3.32. The molecule has 0 aliphatic rings. The van der Waals surface area contributed by atoms with Gasteiger partial charge in [-0.2, -0.15) is 18.3 Å². The van der Waals surface area contributed by atoms with Crippen LogP contribution in [0.2, 0.25) is 0 Å². The van der Waals surface area contributed by atoms with Gasteiger partial charge in [-0.25, -0.2) is 9.48 Å². The third-order valence-corrected chi connectivity index (χ3v) is 5.10. The third kappa shape index (κ3) is 6.48. The zero-order valence-electron chi connectivity index (χ0n) is 19.4. The average molecular weight is 503 g/mol. The van der Waals surface area contributed by atoms with E-state index in [1.54, 1.807) is 24.3 Å². The van der Waals surface area contributed by atoms with Gasteiger partial charge >= 0.3 is 12.1 Å². The van der Waals surface area contributed by atoms with E-state index in [4.69, 9.17) is 5.73 Å². The predicted molar refractivity (Wildman–Crippen MR) is 123 cm³/mol. The molecule has 3 rings (SSSR count). The van der Waals surface area contributed by atoms with Gasteiger partial charge in [0.2, 0.25) is 5.91 Å². The number of rotatable bonds is 8. The Hall–Kier alpha value is -4.19. The van der Waals surface area contributed by atoms with Crippen molar-refractivity contribution in [2.45, 2.75) is 32.2 Å². The van der Waals surface area contributed by atoms with Gasteiger partial charge in [-0.3, -0.25) is 9.59 Å². The van der Waals surface area contributed by atoms with Gasteiger partial charge in [-0.1, -0.05) is 24.3 Å². The Kier molecular flexibility index (Phi) is 8.10. The number of carbonyl (C=O) groups excluding carboxylic acids is 3. The number of amides is 2. The van der Waals surface area contributed by atoms with Crippen LogP contribution in [0.15, 0.2) is 54.6 Å². The van der Waals surface area contributed by atoms with E-state index in [0.717, 1.165) is 4.68 Å². The van der Waals surface area contributed by atoms with E-state index in [9.17, 15) is 27.6 Å². The summed E-state index contributed by atoms with van der Waals surface area (Å²) in [6.45, 7) is 1.60. The van der Waals surface area contributed by atoms with Gasteiger partial charge in [0.05, 0.1) is 24.4 Å². The summed E-state index contributed by atoms with van der Waals surface area (Å²) >= 11 is 0. The Balaban J connectivity index is 1.83. The largest absolute Gasteiger partial charge is 0.465 e. The first-order chi connectivity index (χ1) is 17.0. The molecule has 1 aromatic heterocycles. The molecule has 2 aromatic carbocycles. The fraction of sp³-hybridized carbons (Fsp3) is 0.250. The standard InChI is InChI=1S/C24H24F3N5O4/c1-14(28)21(33)29-13-16-4-3-5-18(10-16)32-19(11-20(31-32)24(25,26)27)22(34)30-12-15-6-8-17(9-7-15)23(35)36-2/h3-11,14H,12-13,28H2,1-2H3,(H,29,33)(H,30,34)/t14-/m0/s1. The van der Waals surface area contributed by atoms with Gasteiger partial charge in [0.15, 0.2) is 5.69 Å². The van der Waals surface area contributed by atoms with Crippen molar-refractivity contribution in [1.29, 1.82) is 0 Å². The maximum absolute atomic E-state index is 13.4. The molecular weight excluding hydrogens is 479 g/mol. The van der Waals surface area contributed by atoms with Crippen molar-refractivity contribution >= 4 is 17.8 Å². The molecular formula is C24H24F3N5O4. The maximum atomic E-state index is 13.4. The summed E-state index contributed by atoms with van der Waals surface area (Å²) in [5, 5.41) is 8.79. The molecule has 12 heteroatoms. The summed E-state index contributed by atoms with van der Waals surface area (Å²) in [5.41, 5.74) is 5.66. The monoisotopic (exact) mass is 503 g/mol. The van der Waals surface area contributed by atoms with Gasteiger partial charge in [-0.05, 0) is 42.3 Å². The SMILES string of the molecule is COC(=O)c1ccc(CNC(=O)c2cc(C(F)(F)F)nn2-c2cccc(CNC(=O)[C@H](C)N)c2)cc1. The van der Waals surface area contributed by atoms with Crippen molar-refractivity contribution < 1.29 is 32.3 Å². The van der Waals surface area contributed by atoms with Crippen LogP contribution in [-0.2, 0) is 28.8 Å². The number of hydrogen-bond acceptors (Lipinski definition) is 6. The molecule has 0 fully saturated rings. The van der Waals surface area contributed by atoms with Crippen molar-refractivity contribution in [2.24, 2.45) is 5.73 Å². The molecule has 0 saturated heterocycles. The normalized spacial score (nSPS) is 12.1. The Morgan fingerprint density at radius 1 is 1.03 bits per heavy atom. The first-order valence-corrected chi connectivity index (χ1v) is 10.7. The number of benzene rings is 2. The highest BCUT2D eigenvalue weighted by Gasteiger charge is 2.36. The molecule has 190 valence electrons. The van der Waals surface area contributed by atoms with E-state index in [1.165, 1.54) is 38.3 Å². The minimum Gasteiger partial charge on any atom is -0.465 e. The second kappa shape index (κ2) is 11.0. The number of nitrogens with two attached hydrogens (primary N) is 1. The summed E-state index contributed by atoms with van der Waals surface area (Å²) in [5.74, 6) is -1.70. The highest BCUT2D eigenvalue weighted by Crippen LogP contribution is 2.29. The number of halogens is 3. The smallest absolute Gasteiger partial charge is 0.435 e. The molecule has 0 spiro atoms. The topological polar surface area (TPSA) is 128 Å². The molecule has 0 bridgehead atoms. The number of ether oxygens (including phenoxy) is 1. The number of nitrogens with one attached hydrogen (secondary N) is 2. The van der Waals surface area contributed by atoms with Crippen molar-refractivity contribution in [3.05, 3.63) is 82.7 Å². The first kappa shape index (κ1) is 26.4. The van der Waals surface area contributed by atoms with Crippen LogP contribution in [0, 0.1) is 0 Å². The fourth-order valence-electron chi connectivity index (χ4n) is 3.18. The first-order valence-electron chi connectivity index (χ1n) is 10.7. The summed E-state index contributed by atoms with van der Waals surface area (Å²) in [6.07, 6.45) is -4.77. The van der Waals surface area contributed by atoms with Crippen molar-refractivity contribution in [1.82, 2.24) is 20.4 Å². The minimum atomic E-state index is -4.77. The van der Waals surface area contributed by atoms with Crippen molar-refractivity contribution in [2.75, 3.05) is 7.11 Å². The molecule has 1 atom stereocenters. The van der Waals surface area contributed by atoms with Crippen LogP contribution in [0.4, 0.5) is 13.2 Å². The van der Waals surface area contributed by atoms with Crippen molar-refractivity contribution in [3.8, 4) is 5.69 Å².